The Morgan fingerprint density at radius 2 is 2.10 bits per heavy atom. The first-order chi connectivity index (χ1) is 10.3. The minimum atomic E-state index is 0.818. The predicted octanol–water partition coefficient (Wildman–Crippen LogP) is 3.58. The largest absolute Gasteiger partial charge is 0.371 e. The van der Waals surface area contributed by atoms with Gasteiger partial charge in [-0.25, -0.2) is 0 Å². The van der Waals surface area contributed by atoms with Gasteiger partial charge < -0.3 is 10.2 Å². The zero-order valence-electron chi connectivity index (χ0n) is 13.1. The third-order valence-electron chi connectivity index (χ3n) is 4.53. The van der Waals surface area contributed by atoms with Crippen LogP contribution in [0.1, 0.15) is 31.9 Å². The van der Waals surface area contributed by atoms with Gasteiger partial charge in [-0.2, -0.15) is 0 Å². The Hall–Kier alpha value is -1.61. The number of fused-ring (bicyclic) bond motifs is 1. The number of para-hydroxylation sites is 1. The summed E-state index contributed by atoms with van der Waals surface area (Å²) in [6, 6.07) is 10.8. The number of hydrogen-bond acceptors (Lipinski definition) is 3. The van der Waals surface area contributed by atoms with Gasteiger partial charge in [-0.1, -0.05) is 24.6 Å². The van der Waals surface area contributed by atoms with E-state index >= 15 is 0 Å². The fourth-order valence-corrected chi connectivity index (χ4v) is 3.13. The van der Waals surface area contributed by atoms with Gasteiger partial charge in [0, 0.05) is 30.7 Å². The fraction of sp³-hybridized carbons (Fsp3) is 0.500. The van der Waals surface area contributed by atoms with E-state index in [4.69, 9.17) is 4.98 Å². The molecule has 0 unspecified atom stereocenters. The first-order valence-corrected chi connectivity index (χ1v) is 8.10. The van der Waals surface area contributed by atoms with Crippen molar-refractivity contribution in [1.29, 1.82) is 0 Å². The lowest BCUT2D eigenvalue weighted by molar-refractivity contribution is 0.318. The molecule has 0 atom stereocenters. The van der Waals surface area contributed by atoms with Crippen molar-refractivity contribution in [1.82, 2.24) is 10.3 Å². The molecule has 1 fully saturated rings. The van der Waals surface area contributed by atoms with Crippen molar-refractivity contribution in [3.8, 4) is 0 Å². The van der Waals surface area contributed by atoms with Crippen molar-refractivity contribution in [2.24, 2.45) is 5.92 Å². The second kappa shape index (κ2) is 6.44. The van der Waals surface area contributed by atoms with Crippen LogP contribution in [0.5, 0.6) is 0 Å². The second-order valence-corrected chi connectivity index (χ2v) is 6.02. The molecule has 1 N–H and O–H groups in total. The van der Waals surface area contributed by atoms with E-state index in [0.717, 1.165) is 30.2 Å². The van der Waals surface area contributed by atoms with Crippen molar-refractivity contribution < 1.29 is 0 Å². The molecule has 2 aromatic rings. The highest BCUT2D eigenvalue weighted by Crippen LogP contribution is 2.32. The lowest BCUT2D eigenvalue weighted by atomic mass is 9.85. The maximum Gasteiger partial charge on any atom is 0.0726 e. The van der Waals surface area contributed by atoms with Crippen LogP contribution in [0.2, 0.25) is 0 Å². The Labute approximate surface area is 127 Å². The van der Waals surface area contributed by atoms with Gasteiger partial charge >= 0.3 is 0 Å². The van der Waals surface area contributed by atoms with Crippen LogP contribution in [0, 0.1) is 5.92 Å². The van der Waals surface area contributed by atoms with Gasteiger partial charge in [0.15, 0.2) is 0 Å². The van der Waals surface area contributed by atoms with Gasteiger partial charge in [-0.3, -0.25) is 4.98 Å². The zero-order valence-corrected chi connectivity index (χ0v) is 13.1. The molecular weight excluding hydrogens is 258 g/mol. The van der Waals surface area contributed by atoms with E-state index in [9.17, 15) is 0 Å². The normalized spacial score (nSPS) is 15.1. The molecule has 0 saturated heterocycles. The van der Waals surface area contributed by atoms with Crippen LogP contribution in [0.15, 0.2) is 30.3 Å². The van der Waals surface area contributed by atoms with Crippen LogP contribution < -0.4 is 10.2 Å². The van der Waals surface area contributed by atoms with Crippen molar-refractivity contribution in [2.45, 2.75) is 32.7 Å². The number of nitrogens with one attached hydrogen (secondary N) is 1. The standard InChI is InChI=1S/C18H25N3/c1-3-21(13-14-7-6-8-14)18-11-15(12-19-2)20-17-10-5-4-9-16(17)18/h4-5,9-11,14,19H,3,6-8,12-13H2,1-2H3. The van der Waals surface area contributed by atoms with Gasteiger partial charge in [0.2, 0.25) is 0 Å². The molecule has 3 nitrogen and oxygen atoms in total. The second-order valence-electron chi connectivity index (χ2n) is 6.02. The average molecular weight is 283 g/mol. The third-order valence-corrected chi connectivity index (χ3v) is 4.53. The van der Waals surface area contributed by atoms with Crippen molar-refractivity contribution in [3.63, 3.8) is 0 Å². The topological polar surface area (TPSA) is 28.2 Å². The van der Waals surface area contributed by atoms with Crippen LogP contribution >= 0.6 is 0 Å². The lowest BCUT2D eigenvalue weighted by Gasteiger charge is -2.34. The minimum Gasteiger partial charge on any atom is -0.371 e. The highest BCUT2D eigenvalue weighted by molar-refractivity contribution is 5.92. The van der Waals surface area contributed by atoms with E-state index in [1.807, 2.05) is 7.05 Å². The first-order valence-electron chi connectivity index (χ1n) is 8.10. The molecule has 1 aliphatic rings. The molecule has 1 heterocycles. The SMILES string of the molecule is CCN(CC1CCC1)c1cc(CNC)nc2ccccc12. The highest BCUT2D eigenvalue weighted by atomic mass is 15.1. The van der Waals surface area contributed by atoms with Crippen LogP contribution in [-0.2, 0) is 6.54 Å². The number of anilines is 1. The molecule has 3 rings (SSSR count). The number of rotatable bonds is 6. The van der Waals surface area contributed by atoms with Gasteiger partial charge in [-0.15, -0.1) is 0 Å². The maximum absolute atomic E-state index is 4.77. The summed E-state index contributed by atoms with van der Waals surface area (Å²) in [7, 11) is 1.97. The molecule has 1 saturated carbocycles. The summed E-state index contributed by atoms with van der Waals surface area (Å²) in [5, 5.41) is 4.49. The van der Waals surface area contributed by atoms with Crippen molar-refractivity contribution in [2.75, 3.05) is 25.0 Å². The molecule has 0 radical (unpaired) electrons. The molecule has 0 spiro atoms. The number of benzene rings is 1. The molecule has 21 heavy (non-hydrogen) atoms. The number of hydrogen-bond donors (Lipinski definition) is 1. The Morgan fingerprint density at radius 3 is 2.76 bits per heavy atom. The average Bonchev–Trinajstić information content (AvgIpc) is 2.46. The summed E-state index contributed by atoms with van der Waals surface area (Å²) in [5.74, 6) is 0.879. The predicted molar refractivity (Wildman–Crippen MR) is 89.7 cm³/mol. The minimum absolute atomic E-state index is 0.818. The first kappa shape index (κ1) is 14.3. The molecule has 0 aliphatic heterocycles. The quantitative estimate of drug-likeness (QED) is 0.878. The summed E-state index contributed by atoms with van der Waals surface area (Å²) >= 11 is 0. The third kappa shape index (κ3) is 3.03. The summed E-state index contributed by atoms with van der Waals surface area (Å²) < 4.78 is 0. The summed E-state index contributed by atoms with van der Waals surface area (Å²) in [5.41, 5.74) is 3.57. The Bertz CT molecular complexity index is 604. The van der Waals surface area contributed by atoms with Gasteiger partial charge in [0.1, 0.15) is 0 Å². The molecule has 1 aromatic heterocycles. The van der Waals surface area contributed by atoms with Crippen LogP contribution in [-0.4, -0.2) is 25.1 Å². The van der Waals surface area contributed by atoms with E-state index < -0.39 is 0 Å². The summed E-state index contributed by atoms with van der Waals surface area (Å²) in [6.07, 6.45) is 4.19. The molecule has 0 amide bonds. The fourth-order valence-electron chi connectivity index (χ4n) is 3.13. The monoisotopic (exact) mass is 283 g/mol. The van der Waals surface area contributed by atoms with Crippen molar-refractivity contribution >= 4 is 16.6 Å². The van der Waals surface area contributed by atoms with E-state index in [0.29, 0.717) is 0 Å². The Balaban J connectivity index is 2.00. The molecule has 0 bridgehead atoms. The highest BCUT2D eigenvalue weighted by Gasteiger charge is 2.21. The van der Waals surface area contributed by atoms with E-state index in [-0.39, 0.29) is 0 Å². The Kier molecular flexibility index (Phi) is 4.39. The van der Waals surface area contributed by atoms with Crippen LogP contribution in [0.3, 0.4) is 0 Å². The van der Waals surface area contributed by atoms with Gasteiger partial charge in [0.25, 0.3) is 0 Å². The zero-order chi connectivity index (χ0) is 14.7. The maximum atomic E-state index is 4.77. The summed E-state index contributed by atoms with van der Waals surface area (Å²) in [6.45, 7) is 5.32. The molecule has 1 aromatic carbocycles. The van der Waals surface area contributed by atoms with E-state index in [1.54, 1.807) is 0 Å². The lowest BCUT2D eigenvalue weighted by Crippen LogP contribution is -2.32. The summed E-state index contributed by atoms with van der Waals surface area (Å²) in [4.78, 5) is 7.30. The number of nitrogens with zero attached hydrogens (tertiary/aromatic N) is 2. The van der Waals surface area contributed by atoms with Crippen LogP contribution in [0.4, 0.5) is 5.69 Å². The van der Waals surface area contributed by atoms with E-state index in [2.05, 4.69) is 47.5 Å². The molecular formula is C18H25N3. The molecule has 112 valence electrons. The Morgan fingerprint density at radius 1 is 1.29 bits per heavy atom. The van der Waals surface area contributed by atoms with Crippen molar-refractivity contribution in [3.05, 3.63) is 36.0 Å². The van der Waals surface area contributed by atoms with Gasteiger partial charge in [-0.05, 0) is 44.9 Å². The smallest absolute Gasteiger partial charge is 0.0726 e. The van der Waals surface area contributed by atoms with Gasteiger partial charge in [0.05, 0.1) is 11.2 Å². The molecule has 1 aliphatic carbocycles. The molecule has 3 heteroatoms. The van der Waals surface area contributed by atoms with E-state index in [1.165, 1.54) is 36.9 Å². The number of aromatic nitrogens is 1. The van der Waals surface area contributed by atoms with Crippen LogP contribution in [0.25, 0.3) is 10.9 Å². The number of pyridine rings is 1.